The third-order valence-electron chi connectivity index (χ3n) is 3.71. The third kappa shape index (κ3) is 3.22. The van der Waals surface area contributed by atoms with Crippen LogP contribution in [-0.4, -0.2) is 11.7 Å². The monoisotopic (exact) mass is 331 g/mol. The van der Waals surface area contributed by atoms with Crippen LogP contribution in [-0.2, 0) is 0 Å². The van der Waals surface area contributed by atoms with Gasteiger partial charge in [-0.1, -0.05) is 46.3 Å². The topological polar surface area (TPSA) is 32.3 Å². The fourth-order valence-corrected chi connectivity index (χ4v) is 2.86. The highest BCUT2D eigenvalue weighted by Crippen LogP contribution is 2.40. The van der Waals surface area contributed by atoms with E-state index in [0.29, 0.717) is 0 Å². The zero-order valence-corrected chi connectivity index (χ0v) is 12.8. The van der Waals surface area contributed by atoms with E-state index in [2.05, 4.69) is 45.5 Å². The molecule has 0 heterocycles. The van der Waals surface area contributed by atoms with Gasteiger partial charge in [0.25, 0.3) is 0 Å². The maximum atomic E-state index is 9.68. The van der Waals surface area contributed by atoms with E-state index in [1.165, 1.54) is 18.4 Å². The number of aliphatic hydroxyl groups is 1. The zero-order chi connectivity index (χ0) is 13.9. The number of anilines is 1. The summed E-state index contributed by atoms with van der Waals surface area (Å²) in [5.41, 5.74) is 3.56. The Kier molecular flexibility index (Phi) is 4.08. The number of benzene rings is 2. The van der Waals surface area contributed by atoms with E-state index in [9.17, 15) is 5.11 Å². The van der Waals surface area contributed by atoms with Gasteiger partial charge in [-0.25, -0.2) is 0 Å². The molecule has 0 bridgehead atoms. The van der Waals surface area contributed by atoms with Crippen molar-refractivity contribution in [3.05, 3.63) is 64.1 Å². The summed E-state index contributed by atoms with van der Waals surface area (Å²) in [6.07, 6.45) is 2.60. The molecule has 0 spiro atoms. The Morgan fingerprint density at radius 3 is 2.65 bits per heavy atom. The SMILES string of the molecule is OCC(Nc1cccc(Br)c1)c1cccc(C2CC2)c1. The first-order valence-electron chi connectivity index (χ1n) is 6.99. The van der Waals surface area contributed by atoms with Crippen molar-refractivity contribution in [1.29, 1.82) is 0 Å². The van der Waals surface area contributed by atoms with Gasteiger partial charge in [-0.3, -0.25) is 0 Å². The minimum atomic E-state index is -0.0667. The van der Waals surface area contributed by atoms with Crippen LogP contribution in [0.25, 0.3) is 0 Å². The second-order valence-electron chi connectivity index (χ2n) is 5.33. The zero-order valence-electron chi connectivity index (χ0n) is 11.2. The number of hydrogen-bond donors (Lipinski definition) is 2. The van der Waals surface area contributed by atoms with Gasteiger partial charge in [-0.2, -0.15) is 0 Å². The summed E-state index contributed by atoms with van der Waals surface area (Å²) in [5, 5.41) is 13.1. The summed E-state index contributed by atoms with van der Waals surface area (Å²) in [5.74, 6) is 0.736. The Labute approximate surface area is 128 Å². The maximum Gasteiger partial charge on any atom is 0.0745 e. The van der Waals surface area contributed by atoms with Gasteiger partial charge in [-0.15, -0.1) is 0 Å². The van der Waals surface area contributed by atoms with Gasteiger partial charge in [0.15, 0.2) is 0 Å². The van der Waals surface area contributed by atoms with Crippen LogP contribution in [0, 0.1) is 0 Å². The van der Waals surface area contributed by atoms with Crippen molar-refractivity contribution in [3.63, 3.8) is 0 Å². The molecule has 0 radical (unpaired) electrons. The van der Waals surface area contributed by atoms with E-state index in [4.69, 9.17) is 0 Å². The predicted octanol–water partition coefficient (Wildman–Crippen LogP) is 4.47. The molecule has 1 unspecified atom stereocenters. The molecular weight excluding hydrogens is 314 g/mol. The first kappa shape index (κ1) is 13.7. The standard InChI is InChI=1S/C17H18BrNO/c18-15-5-2-6-16(10-15)19-17(11-20)14-4-1-3-13(9-14)12-7-8-12/h1-6,9-10,12,17,19-20H,7-8,11H2. The van der Waals surface area contributed by atoms with Gasteiger partial charge in [0, 0.05) is 10.2 Å². The van der Waals surface area contributed by atoms with Crippen LogP contribution in [0.2, 0.25) is 0 Å². The molecule has 1 aliphatic carbocycles. The van der Waals surface area contributed by atoms with Gasteiger partial charge < -0.3 is 10.4 Å². The van der Waals surface area contributed by atoms with E-state index in [1.54, 1.807) is 0 Å². The predicted molar refractivity (Wildman–Crippen MR) is 86.0 cm³/mol. The van der Waals surface area contributed by atoms with Crippen LogP contribution in [0.15, 0.2) is 53.0 Å². The smallest absolute Gasteiger partial charge is 0.0745 e. The molecule has 1 fully saturated rings. The molecule has 0 aromatic heterocycles. The van der Waals surface area contributed by atoms with Crippen molar-refractivity contribution in [2.24, 2.45) is 0 Å². The highest BCUT2D eigenvalue weighted by atomic mass is 79.9. The van der Waals surface area contributed by atoms with Crippen LogP contribution in [0.3, 0.4) is 0 Å². The average molecular weight is 332 g/mol. The Morgan fingerprint density at radius 1 is 1.15 bits per heavy atom. The van der Waals surface area contributed by atoms with Gasteiger partial charge in [0.1, 0.15) is 0 Å². The lowest BCUT2D eigenvalue weighted by Gasteiger charge is -2.19. The van der Waals surface area contributed by atoms with Gasteiger partial charge in [-0.05, 0) is 48.1 Å². The highest BCUT2D eigenvalue weighted by molar-refractivity contribution is 9.10. The molecule has 3 heteroatoms. The number of aliphatic hydroxyl groups excluding tert-OH is 1. The van der Waals surface area contributed by atoms with E-state index in [1.807, 2.05) is 24.3 Å². The average Bonchev–Trinajstić information content (AvgIpc) is 3.29. The summed E-state index contributed by atoms with van der Waals surface area (Å²) < 4.78 is 1.03. The van der Waals surface area contributed by atoms with Crippen LogP contribution in [0.1, 0.15) is 35.9 Å². The molecule has 20 heavy (non-hydrogen) atoms. The fourth-order valence-electron chi connectivity index (χ4n) is 2.46. The highest BCUT2D eigenvalue weighted by Gasteiger charge is 2.24. The van der Waals surface area contributed by atoms with Gasteiger partial charge in [0.05, 0.1) is 12.6 Å². The van der Waals surface area contributed by atoms with Gasteiger partial charge in [0.2, 0.25) is 0 Å². The molecule has 1 aliphatic rings. The molecule has 2 N–H and O–H groups in total. The Balaban J connectivity index is 1.80. The largest absolute Gasteiger partial charge is 0.394 e. The van der Waals surface area contributed by atoms with Gasteiger partial charge >= 0.3 is 0 Å². The molecule has 1 saturated carbocycles. The van der Waals surface area contributed by atoms with E-state index < -0.39 is 0 Å². The van der Waals surface area contributed by atoms with Crippen molar-refractivity contribution in [3.8, 4) is 0 Å². The molecular formula is C17H18BrNO. The summed E-state index contributed by atoms with van der Waals surface area (Å²) in [7, 11) is 0. The van der Waals surface area contributed by atoms with Crippen LogP contribution >= 0.6 is 15.9 Å². The number of hydrogen-bond acceptors (Lipinski definition) is 2. The normalized spacial score (nSPS) is 15.9. The van der Waals surface area contributed by atoms with E-state index in [-0.39, 0.29) is 12.6 Å². The lowest BCUT2D eigenvalue weighted by Crippen LogP contribution is -2.15. The first-order chi connectivity index (χ1) is 9.76. The molecule has 1 atom stereocenters. The Morgan fingerprint density at radius 2 is 1.95 bits per heavy atom. The van der Waals surface area contributed by atoms with Crippen molar-refractivity contribution >= 4 is 21.6 Å². The van der Waals surface area contributed by atoms with Crippen molar-refractivity contribution < 1.29 is 5.11 Å². The minimum Gasteiger partial charge on any atom is -0.394 e. The Bertz CT molecular complexity index is 595. The lowest BCUT2D eigenvalue weighted by atomic mass is 10.0. The number of halogens is 1. The summed E-state index contributed by atoms with van der Waals surface area (Å²) in [4.78, 5) is 0. The second kappa shape index (κ2) is 5.98. The quantitative estimate of drug-likeness (QED) is 0.847. The molecule has 3 rings (SSSR count). The van der Waals surface area contributed by atoms with Crippen LogP contribution in [0.5, 0.6) is 0 Å². The van der Waals surface area contributed by atoms with Crippen molar-refractivity contribution in [2.45, 2.75) is 24.8 Å². The first-order valence-corrected chi connectivity index (χ1v) is 7.78. The van der Waals surface area contributed by atoms with Crippen LogP contribution in [0.4, 0.5) is 5.69 Å². The molecule has 0 saturated heterocycles. The summed E-state index contributed by atoms with van der Waals surface area (Å²) in [6, 6.07) is 16.5. The summed E-state index contributed by atoms with van der Waals surface area (Å²) in [6.45, 7) is 0.0840. The maximum absolute atomic E-state index is 9.68. The molecule has 104 valence electrons. The van der Waals surface area contributed by atoms with E-state index >= 15 is 0 Å². The summed E-state index contributed by atoms with van der Waals surface area (Å²) >= 11 is 3.47. The minimum absolute atomic E-state index is 0.0667. The number of nitrogens with one attached hydrogen (secondary N) is 1. The second-order valence-corrected chi connectivity index (χ2v) is 6.25. The fraction of sp³-hybridized carbons (Fsp3) is 0.294. The molecule has 2 aromatic rings. The Hall–Kier alpha value is -1.32. The van der Waals surface area contributed by atoms with Crippen LogP contribution < -0.4 is 5.32 Å². The molecule has 2 nitrogen and oxygen atoms in total. The lowest BCUT2D eigenvalue weighted by molar-refractivity contribution is 0.276. The van der Waals surface area contributed by atoms with E-state index in [0.717, 1.165) is 21.6 Å². The number of rotatable bonds is 5. The molecule has 2 aromatic carbocycles. The third-order valence-corrected chi connectivity index (χ3v) is 4.20. The van der Waals surface area contributed by atoms with Crippen molar-refractivity contribution in [1.82, 2.24) is 0 Å². The molecule has 0 amide bonds. The molecule has 0 aliphatic heterocycles. The van der Waals surface area contributed by atoms with Crippen molar-refractivity contribution in [2.75, 3.05) is 11.9 Å².